The molecule has 2 N–H and O–H groups in total. The molecule has 0 aromatic heterocycles. The second-order valence-electron chi connectivity index (χ2n) is 4.33. The summed E-state index contributed by atoms with van der Waals surface area (Å²) >= 11 is 0. The first-order valence-corrected chi connectivity index (χ1v) is 6.56. The van der Waals surface area contributed by atoms with E-state index in [1.807, 2.05) is 0 Å². The van der Waals surface area contributed by atoms with Crippen LogP contribution >= 0.6 is 0 Å². The normalized spacial score (nSPS) is 42.1. The first-order chi connectivity index (χ1) is 12.7. The standard InChI is InChI=1S/C6H10BFO2.C5H7BFO2.2CH4O.K/c1-3-5(9-2)4(8)6(7)10-3;1-2-4(8)3(7)5(6)9-2;2*1-2;/h3-6H,1-2H3;2-5H,1H3;2*2H,1H3;/q;-1;;;+1/t3-,4+,5?,6-;2-,3+,4?,5-;;;/m11.../s1/i2*1D;2*2T;. The Bertz CT molecular complexity index is 364. The number of halogens is 2. The molecule has 2 unspecified atom stereocenters. The van der Waals surface area contributed by atoms with Crippen molar-refractivity contribution in [1.29, 1.82) is 2.86 Å². The van der Waals surface area contributed by atoms with E-state index in [0.717, 1.165) is 0 Å². The fourth-order valence-corrected chi connectivity index (χ4v) is 1.77. The molecule has 0 aromatic rings. The maximum Gasteiger partial charge on any atom is 1.00 e. The number of ether oxygens (including phenoxy) is 3. The predicted octanol–water partition coefficient (Wildman–Crippen LogP) is -4.56. The Morgan fingerprint density at radius 1 is 1.12 bits per heavy atom. The van der Waals surface area contributed by atoms with Crippen LogP contribution in [0.2, 0.25) is 0 Å². The summed E-state index contributed by atoms with van der Waals surface area (Å²) in [6.45, 7) is -0.241. The van der Waals surface area contributed by atoms with Gasteiger partial charge in [-0.05, 0) is 13.8 Å². The molecule has 134 valence electrons. The van der Waals surface area contributed by atoms with E-state index < -0.39 is 48.8 Å². The largest absolute Gasteiger partial charge is 1.00 e. The smallest absolute Gasteiger partial charge is 0.848 e. The number of rotatable bonds is 1. The molecule has 0 bridgehead atoms. The minimum atomic E-state index is -1.66. The third-order valence-electron chi connectivity index (χ3n) is 2.92. The van der Waals surface area contributed by atoms with Crippen molar-refractivity contribution in [3.63, 3.8) is 0 Å². The molecule has 2 saturated heterocycles. The summed E-state index contributed by atoms with van der Waals surface area (Å²) in [5.74, 6) is 0. The molecule has 2 aliphatic rings. The molecule has 11 heteroatoms. The molecule has 24 heavy (non-hydrogen) atoms. The van der Waals surface area contributed by atoms with E-state index in [4.69, 9.17) is 30.8 Å². The molecule has 0 aromatic carbocycles. The fourth-order valence-electron chi connectivity index (χ4n) is 1.77. The Morgan fingerprint density at radius 2 is 1.54 bits per heavy atom. The Hall–Kier alpha value is 1.39. The molecule has 8 atom stereocenters. The number of aliphatic hydroxyl groups is 2. The van der Waals surface area contributed by atoms with Crippen LogP contribution in [-0.4, -0.2) is 98.9 Å². The first-order valence-electron chi connectivity index (χ1n) is 8.79. The maximum absolute atomic E-state index is 13.0. The number of hydrogen-bond acceptors (Lipinski definition) is 6. The maximum atomic E-state index is 13.0. The van der Waals surface area contributed by atoms with E-state index in [1.54, 1.807) is 0 Å². The molecule has 2 rings (SSSR count). The third kappa shape index (κ3) is 9.36. The zero-order valence-electron chi connectivity index (χ0n) is 18.4. The van der Waals surface area contributed by atoms with Gasteiger partial charge in [-0.15, -0.1) is 0 Å². The van der Waals surface area contributed by atoms with Crippen LogP contribution in [-0.2, 0) is 14.2 Å². The molecular weight excluding hydrogens is 351 g/mol. The van der Waals surface area contributed by atoms with Crippen molar-refractivity contribution in [1.82, 2.24) is 0 Å². The van der Waals surface area contributed by atoms with Gasteiger partial charge in [0.25, 0.3) is 0 Å². The Labute approximate surface area is 193 Å². The molecule has 0 saturated carbocycles. The SMILES string of the molecule is [2H]C[C@H]1O[C@@H]([B])[C@@H](F)C1OC.[2H]C[C@H]1O[C@@H]([B])[C@@H](F)C1[O-].[3H]OC.[3H]OC.[K+]. The van der Waals surface area contributed by atoms with Gasteiger partial charge in [-0.3, -0.25) is 0 Å². The van der Waals surface area contributed by atoms with Gasteiger partial charge in [0.15, 0.2) is 0 Å². The van der Waals surface area contributed by atoms with Crippen molar-refractivity contribution in [2.24, 2.45) is 0 Å². The first kappa shape index (κ1) is 21.7. The van der Waals surface area contributed by atoms with Crippen molar-refractivity contribution in [2.75, 3.05) is 21.3 Å². The van der Waals surface area contributed by atoms with Gasteiger partial charge in [0.05, 0.1) is 12.1 Å². The molecule has 0 spiro atoms. The van der Waals surface area contributed by atoms with Crippen LogP contribution in [0.4, 0.5) is 8.78 Å². The van der Waals surface area contributed by atoms with Gasteiger partial charge >= 0.3 is 51.4 Å². The third-order valence-corrected chi connectivity index (χ3v) is 2.92. The van der Waals surface area contributed by atoms with E-state index in [0.29, 0.717) is 0 Å². The van der Waals surface area contributed by atoms with Crippen molar-refractivity contribution >= 4 is 15.7 Å². The molecule has 0 aliphatic carbocycles. The molecule has 2 heterocycles. The molecule has 2 fully saturated rings. The van der Waals surface area contributed by atoms with Crippen LogP contribution in [0.1, 0.15) is 16.5 Å². The van der Waals surface area contributed by atoms with Gasteiger partial charge in [-0.25, -0.2) is 8.78 Å². The summed E-state index contributed by atoms with van der Waals surface area (Å²) in [6.07, 6.45) is -6.52. The summed E-state index contributed by atoms with van der Waals surface area (Å²) in [5, 5.41) is 17.7. The van der Waals surface area contributed by atoms with Crippen LogP contribution in [0, 0.1) is 0 Å². The predicted molar refractivity (Wildman–Crippen MR) is 80.8 cm³/mol. The van der Waals surface area contributed by atoms with Gasteiger partial charge < -0.3 is 29.5 Å². The van der Waals surface area contributed by atoms with E-state index >= 15 is 0 Å². The summed E-state index contributed by atoms with van der Waals surface area (Å²) in [7, 11) is 14.3. The van der Waals surface area contributed by atoms with Gasteiger partial charge in [-0.1, -0.05) is 6.10 Å². The Kier molecular flexibility index (Phi) is 15.0. The average Bonchev–Trinajstić information content (AvgIpc) is 3.06. The van der Waals surface area contributed by atoms with Crippen LogP contribution in [0.5, 0.6) is 0 Å². The van der Waals surface area contributed by atoms with Crippen molar-refractivity contribution in [2.45, 2.75) is 62.6 Å². The second kappa shape index (κ2) is 16.6. The summed E-state index contributed by atoms with van der Waals surface area (Å²) in [6, 6.07) is -2.06. The number of alkyl halides is 2. The van der Waals surface area contributed by atoms with E-state index in [2.05, 4.69) is 15.0 Å². The van der Waals surface area contributed by atoms with Crippen LogP contribution in [0.15, 0.2) is 0 Å². The fraction of sp³-hybridized carbons (Fsp3) is 1.00. The molecule has 6 nitrogen and oxygen atoms in total. The Morgan fingerprint density at radius 3 is 1.79 bits per heavy atom. The van der Waals surface area contributed by atoms with Gasteiger partial charge in [0.1, 0.15) is 34.1 Å². The molecule has 2 aliphatic heterocycles. The van der Waals surface area contributed by atoms with E-state index in [1.165, 1.54) is 21.3 Å². The van der Waals surface area contributed by atoms with E-state index in [-0.39, 0.29) is 65.2 Å². The van der Waals surface area contributed by atoms with Crippen LogP contribution in [0.3, 0.4) is 0 Å². The molecule has 4 radical (unpaired) electrons. The van der Waals surface area contributed by atoms with Crippen molar-refractivity contribution in [3.8, 4) is 0 Å². The molecule has 0 amide bonds. The number of aliphatic hydroxyl groups excluding tert-OH is 2. The summed E-state index contributed by atoms with van der Waals surface area (Å²) in [5.41, 5.74) is 0. The minimum Gasteiger partial charge on any atom is -0.848 e. The van der Waals surface area contributed by atoms with Crippen LogP contribution in [0.25, 0.3) is 0 Å². The minimum absolute atomic E-state index is 0. The second-order valence-corrected chi connectivity index (χ2v) is 4.33. The zero-order valence-corrected chi connectivity index (χ0v) is 17.5. The monoisotopic (exact) mass is 382 g/mol. The quantitative estimate of drug-likeness (QED) is 0.444. The van der Waals surface area contributed by atoms with E-state index in [9.17, 15) is 13.9 Å². The topological polar surface area (TPSA) is 91.2 Å². The van der Waals surface area contributed by atoms with Crippen LogP contribution < -0.4 is 56.5 Å². The number of hydrogen-bond donors (Lipinski definition) is 2. The van der Waals surface area contributed by atoms with Crippen molar-refractivity contribution in [3.05, 3.63) is 0 Å². The zero-order chi connectivity index (χ0) is 21.6. The van der Waals surface area contributed by atoms with Crippen molar-refractivity contribution < 1.29 is 92.4 Å². The average molecular weight is 382 g/mol. The van der Waals surface area contributed by atoms with Gasteiger partial charge in [0.2, 0.25) is 2.86 Å². The summed E-state index contributed by atoms with van der Waals surface area (Å²) < 4.78 is 65.0. The molecular formula is C13H25B2F2KO6. The summed E-state index contributed by atoms with van der Waals surface area (Å²) in [4.78, 5) is 0. The number of methoxy groups -OCH3 is 1. The van der Waals surface area contributed by atoms with Gasteiger partial charge in [0, 0.05) is 36.2 Å². The van der Waals surface area contributed by atoms with Gasteiger partial charge in [-0.2, -0.15) is 0 Å². The Balaban J connectivity index is -0.000000341.